The lowest BCUT2D eigenvalue weighted by atomic mass is 9.86. The van der Waals surface area contributed by atoms with Gasteiger partial charge in [-0.1, -0.05) is 12.1 Å². The highest BCUT2D eigenvalue weighted by Crippen LogP contribution is 2.36. The molecule has 214 valence electrons. The van der Waals surface area contributed by atoms with Crippen LogP contribution in [0.2, 0.25) is 0 Å². The average Bonchev–Trinajstić information content (AvgIpc) is 3.52. The third-order valence-corrected chi connectivity index (χ3v) is 7.80. The summed E-state index contributed by atoms with van der Waals surface area (Å²) in [4.78, 5) is 30.3. The molecule has 8 nitrogen and oxygen atoms in total. The molecular weight excluding hydrogens is 545 g/mol. The van der Waals surface area contributed by atoms with Crippen molar-refractivity contribution in [3.63, 3.8) is 0 Å². The Hall–Kier alpha value is -4.85. The quantitative estimate of drug-likeness (QED) is 0.266. The van der Waals surface area contributed by atoms with Gasteiger partial charge in [-0.2, -0.15) is 9.37 Å². The van der Waals surface area contributed by atoms with Crippen LogP contribution in [0.5, 0.6) is 0 Å². The van der Waals surface area contributed by atoms with E-state index in [1.165, 1.54) is 10.6 Å². The first-order valence-corrected chi connectivity index (χ1v) is 13.6. The van der Waals surface area contributed by atoms with Crippen LogP contribution in [-0.4, -0.2) is 36.9 Å². The second-order valence-electron chi connectivity index (χ2n) is 10.8. The summed E-state index contributed by atoms with van der Waals surface area (Å²) in [5.41, 5.74) is 4.06. The average molecular weight is 573 g/mol. The molecule has 0 unspecified atom stereocenters. The largest absolute Gasteiger partial charge is 0.350 e. The van der Waals surface area contributed by atoms with Gasteiger partial charge in [-0.15, -0.1) is 5.10 Å². The number of alkyl halides is 2. The Morgan fingerprint density at radius 1 is 1.12 bits per heavy atom. The standard InChI is InChI=1S/C31H27F3N6O2/c1-18(20-4-3-5-23(32)14-20)35-29(42)25-17-39(2)26-7-6-21(15-24(25)26)22-10-13-40-27(16-22)36-30(38-40)37-28(41)19-8-11-31(33,34)12-9-19/h4,6-7,10,13-19H,8-9,11-12H2,1-2H3,(H,35,42)(H,37,38,41)/t18-/m0/s1. The van der Waals surface area contributed by atoms with Gasteiger partial charge < -0.3 is 9.88 Å². The van der Waals surface area contributed by atoms with Crippen LogP contribution in [-0.2, 0) is 11.8 Å². The van der Waals surface area contributed by atoms with Crippen LogP contribution in [0.3, 0.4) is 0 Å². The normalized spacial score (nSPS) is 15.8. The van der Waals surface area contributed by atoms with E-state index in [1.54, 1.807) is 25.4 Å². The first-order chi connectivity index (χ1) is 20.1. The molecule has 1 fully saturated rings. The molecule has 0 bridgehead atoms. The molecule has 11 heteroatoms. The highest BCUT2D eigenvalue weighted by atomic mass is 19.3. The Morgan fingerprint density at radius 3 is 2.64 bits per heavy atom. The SMILES string of the molecule is C[C@H](NC(=O)c1cn(C)c2ccc(-c3ccn4nc(NC(=O)C5CCC(F)(F)CC5)nc4c3)cc12)c1cc#cc(F)c1. The molecule has 3 aromatic heterocycles. The molecule has 1 aliphatic carbocycles. The van der Waals surface area contributed by atoms with E-state index in [0.717, 1.165) is 22.0 Å². The number of pyridine rings is 1. The summed E-state index contributed by atoms with van der Waals surface area (Å²) in [5.74, 6) is -4.29. The van der Waals surface area contributed by atoms with Crippen molar-refractivity contribution in [2.24, 2.45) is 13.0 Å². The van der Waals surface area contributed by atoms with Gasteiger partial charge in [-0.3, -0.25) is 14.9 Å². The Labute approximate surface area is 239 Å². The maximum atomic E-state index is 13.6. The molecule has 1 atom stereocenters. The van der Waals surface area contributed by atoms with Gasteiger partial charge >= 0.3 is 0 Å². The molecular formula is C31H27F3N6O2. The topological polar surface area (TPSA) is 93.3 Å². The minimum atomic E-state index is -2.71. The molecule has 5 aromatic rings. The number of hydrogen-bond donors (Lipinski definition) is 2. The molecule has 2 amide bonds. The lowest BCUT2D eigenvalue weighted by molar-refractivity contribution is -0.124. The van der Waals surface area contributed by atoms with Gasteiger partial charge in [0.15, 0.2) is 11.5 Å². The van der Waals surface area contributed by atoms with Crippen LogP contribution < -0.4 is 10.6 Å². The summed E-state index contributed by atoms with van der Waals surface area (Å²) >= 11 is 0. The Balaban J connectivity index is 1.23. The van der Waals surface area contributed by atoms with E-state index in [1.807, 2.05) is 41.9 Å². The zero-order valence-electron chi connectivity index (χ0n) is 22.9. The summed E-state index contributed by atoms with van der Waals surface area (Å²) in [6, 6.07) is 16.9. The molecule has 0 spiro atoms. The number of rotatable bonds is 6. The molecule has 0 aliphatic heterocycles. The van der Waals surface area contributed by atoms with Gasteiger partial charge in [0.2, 0.25) is 17.8 Å². The molecule has 2 aromatic carbocycles. The molecule has 42 heavy (non-hydrogen) atoms. The van der Waals surface area contributed by atoms with Gasteiger partial charge in [0.1, 0.15) is 0 Å². The molecule has 1 saturated carbocycles. The third-order valence-electron chi connectivity index (χ3n) is 7.80. The summed E-state index contributed by atoms with van der Waals surface area (Å²) in [6.07, 6.45) is 3.12. The van der Waals surface area contributed by atoms with E-state index in [9.17, 15) is 22.8 Å². The fourth-order valence-electron chi connectivity index (χ4n) is 5.40. The van der Waals surface area contributed by atoms with Crippen LogP contribution in [0.15, 0.2) is 54.9 Å². The summed E-state index contributed by atoms with van der Waals surface area (Å²) < 4.78 is 43.9. The van der Waals surface area contributed by atoms with Gasteiger partial charge in [0.05, 0.1) is 11.6 Å². The van der Waals surface area contributed by atoms with E-state index in [4.69, 9.17) is 0 Å². The maximum Gasteiger partial charge on any atom is 0.253 e. The summed E-state index contributed by atoms with van der Waals surface area (Å²) in [5, 5.41) is 10.6. The first-order valence-electron chi connectivity index (χ1n) is 13.6. The smallest absolute Gasteiger partial charge is 0.253 e. The van der Waals surface area contributed by atoms with Crippen molar-refractivity contribution in [1.29, 1.82) is 0 Å². The van der Waals surface area contributed by atoms with E-state index in [0.29, 0.717) is 16.8 Å². The Bertz CT molecular complexity index is 1820. The second-order valence-corrected chi connectivity index (χ2v) is 10.8. The number of hydrogen-bond acceptors (Lipinski definition) is 4. The fourth-order valence-corrected chi connectivity index (χ4v) is 5.40. The highest BCUT2D eigenvalue weighted by molar-refractivity contribution is 6.08. The molecule has 0 saturated heterocycles. The van der Waals surface area contributed by atoms with Crippen LogP contribution in [0.25, 0.3) is 27.7 Å². The maximum absolute atomic E-state index is 13.6. The second kappa shape index (κ2) is 10.5. The zero-order valence-corrected chi connectivity index (χ0v) is 22.9. The predicted molar refractivity (Wildman–Crippen MR) is 150 cm³/mol. The van der Waals surface area contributed by atoms with Crippen LogP contribution in [0.1, 0.15) is 54.6 Å². The van der Waals surface area contributed by atoms with E-state index in [2.05, 4.69) is 32.8 Å². The number of halogens is 3. The molecule has 3 heterocycles. The van der Waals surface area contributed by atoms with Crippen molar-refractivity contribution in [2.45, 2.75) is 44.6 Å². The number of anilines is 1. The van der Waals surface area contributed by atoms with Crippen LogP contribution in [0.4, 0.5) is 19.1 Å². The molecule has 2 N–H and O–H groups in total. The first kappa shape index (κ1) is 27.3. The number of carbonyl (C=O) groups is 2. The fraction of sp³-hybridized carbons (Fsp3) is 0.290. The minimum absolute atomic E-state index is 0.106. The van der Waals surface area contributed by atoms with Gasteiger partial charge in [-0.25, -0.2) is 13.3 Å². The van der Waals surface area contributed by atoms with Crippen molar-refractivity contribution < 1.29 is 22.8 Å². The van der Waals surface area contributed by atoms with Crippen molar-refractivity contribution in [3.05, 3.63) is 83.9 Å². The van der Waals surface area contributed by atoms with Crippen molar-refractivity contribution in [2.75, 3.05) is 5.32 Å². The molecule has 1 aliphatic rings. The molecule has 6 rings (SSSR count). The summed E-state index contributed by atoms with van der Waals surface area (Å²) in [7, 11) is 1.86. The lowest BCUT2D eigenvalue weighted by Gasteiger charge is -2.26. The number of fused-ring (bicyclic) bond motifs is 2. The van der Waals surface area contributed by atoms with Crippen molar-refractivity contribution in [3.8, 4) is 11.1 Å². The number of nitrogens with one attached hydrogen (secondary N) is 2. The van der Waals surface area contributed by atoms with Crippen molar-refractivity contribution >= 4 is 34.3 Å². The van der Waals surface area contributed by atoms with Gasteiger partial charge in [-0.05, 0) is 78.9 Å². The van der Waals surface area contributed by atoms with Crippen LogP contribution >= 0.6 is 0 Å². The van der Waals surface area contributed by atoms with Gasteiger partial charge in [0.25, 0.3) is 5.91 Å². The summed E-state index contributed by atoms with van der Waals surface area (Å²) in [6.45, 7) is 1.77. The monoisotopic (exact) mass is 572 g/mol. The number of carbonyl (C=O) groups excluding carboxylic acids is 2. The Morgan fingerprint density at radius 2 is 1.88 bits per heavy atom. The molecule has 0 radical (unpaired) electrons. The van der Waals surface area contributed by atoms with Gasteiger partial charge in [0, 0.05) is 49.1 Å². The van der Waals surface area contributed by atoms with E-state index in [-0.39, 0.29) is 43.4 Å². The number of nitrogens with zero attached hydrogens (tertiary/aromatic N) is 4. The van der Waals surface area contributed by atoms with Crippen LogP contribution in [0, 0.1) is 23.9 Å². The minimum Gasteiger partial charge on any atom is -0.350 e. The number of aryl methyl sites for hydroxylation is 1. The van der Waals surface area contributed by atoms with E-state index >= 15 is 0 Å². The Kier molecular flexibility index (Phi) is 6.85. The zero-order chi connectivity index (χ0) is 29.6. The third kappa shape index (κ3) is 5.40. The highest BCUT2D eigenvalue weighted by Gasteiger charge is 2.37. The number of aromatic nitrogens is 4. The number of benzene rings is 1. The predicted octanol–water partition coefficient (Wildman–Crippen LogP) is 5.88. The lowest BCUT2D eigenvalue weighted by Crippen LogP contribution is -2.32. The number of amides is 2. The van der Waals surface area contributed by atoms with E-state index < -0.39 is 23.7 Å². The van der Waals surface area contributed by atoms with Crippen molar-refractivity contribution in [1.82, 2.24) is 24.5 Å².